The number of anilines is 2. The van der Waals surface area contributed by atoms with Gasteiger partial charge in [-0.1, -0.05) is 18.2 Å². The first-order valence-corrected chi connectivity index (χ1v) is 8.51. The van der Waals surface area contributed by atoms with Crippen molar-refractivity contribution in [1.29, 1.82) is 0 Å². The quantitative estimate of drug-likeness (QED) is 0.827. The number of hydrogen-bond donors (Lipinski definition) is 2. The Kier molecular flexibility index (Phi) is 5.43. The first-order valence-electron chi connectivity index (χ1n) is 8.10. The molecular weight excluding hydrogens is 322 g/mol. The largest absolute Gasteiger partial charge is 0.439 e. The Morgan fingerprint density at radius 2 is 1.88 bits per heavy atom. The van der Waals surface area contributed by atoms with E-state index >= 15 is 0 Å². The number of aromatic nitrogens is 2. The summed E-state index contributed by atoms with van der Waals surface area (Å²) < 4.78 is 5.88. The Morgan fingerprint density at radius 3 is 2.58 bits per heavy atom. The molecule has 0 saturated carbocycles. The Bertz CT molecular complexity index is 689. The normalized spacial score (nSPS) is 14.1. The molecular formula is C17H21N5OS. The second kappa shape index (κ2) is 7.92. The molecule has 24 heavy (non-hydrogen) atoms. The molecule has 1 aromatic heterocycles. The summed E-state index contributed by atoms with van der Waals surface area (Å²) in [6, 6.07) is 11.5. The predicted octanol–water partition coefficient (Wildman–Crippen LogP) is 3.18. The molecule has 2 N–H and O–H groups in total. The van der Waals surface area contributed by atoms with Crippen LogP contribution in [0.3, 0.4) is 0 Å². The highest BCUT2D eigenvalue weighted by atomic mass is 32.1. The number of rotatable bonds is 4. The minimum absolute atomic E-state index is 0.434. The van der Waals surface area contributed by atoms with Crippen LogP contribution in [0.1, 0.15) is 19.3 Å². The van der Waals surface area contributed by atoms with Gasteiger partial charge in [-0.2, -0.15) is 9.97 Å². The highest BCUT2D eigenvalue weighted by molar-refractivity contribution is 7.80. The van der Waals surface area contributed by atoms with E-state index in [0.717, 1.165) is 24.7 Å². The van der Waals surface area contributed by atoms with Gasteiger partial charge in [0.2, 0.25) is 11.8 Å². The number of nitrogens with zero attached hydrogens (tertiary/aromatic N) is 3. The van der Waals surface area contributed by atoms with E-state index in [1.165, 1.54) is 19.3 Å². The van der Waals surface area contributed by atoms with E-state index in [9.17, 15) is 0 Å². The van der Waals surface area contributed by atoms with Crippen LogP contribution < -0.4 is 20.3 Å². The Balaban J connectivity index is 1.88. The minimum Gasteiger partial charge on any atom is -0.439 e. The van der Waals surface area contributed by atoms with E-state index in [1.807, 2.05) is 36.4 Å². The molecule has 1 fully saturated rings. The second-order valence-corrected chi connectivity index (χ2v) is 5.96. The van der Waals surface area contributed by atoms with Crippen LogP contribution in [0.25, 0.3) is 0 Å². The standard InChI is InChI=1S/C17H21N5OS/c1-18-17(24)21-16-19-14(22-10-6-3-7-11-22)12-15(20-16)23-13-8-4-2-5-9-13/h2,4-5,8-9,12H,3,6-7,10-11H2,1H3,(H2,18,19,20,21,24). The van der Waals surface area contributed by atoms with Crippen molar-refractivity contribution < 1.29 is 4.74 Å². The topological polar surface area (TPSA) is 62.3 Å². The fourth-order valence-electron chi connectivity index (χ4n) is 2.58. The summed E-state index contributed by atoms with van der Waals surface area (Å²) in [6.07, 6.45) is 3.62. The summed E-state index contributed by atoms with van der Waals surface area (Å²) >= 11 is 5.15. The maximum atomic E-state index is 5.88. The third-order valence-electron chi connectivity index (χ3n) is 3.79. The van der Waals surface area contributed by atoms with Crippen molar-refractivity contribution in [1.82, 2.24) is 15.3 Å². The van der Waals surface area contributed by atoms with Gasteiger partial charge in [-0.05, 0) is 43.6 Å². The predicted molar refractivity (Wildman–Crippen MR) is 99.9 cm³/mol. The Morgan fingerprint density at radius 1 is 1.12 bits per heavy atom. The van der Waals surface area contributed by atoms with E-state index < -0.39 is 0 Å². The molecule has 3 rings (SSSR count). The molecule has 6 nitrogen and oxygen atoms in total. The summed E-state index contributed by atoms with van der Waals surface area (Å²) in [4.78, 5) is 11.3. The third-order valence-corrected chi connectivity index (χ3v) is 4.09. The maximum absolute atomic E-state index is 5.88. The number of hydrogen-bond acceptors (Lipinski definition) is 5. The molecule has 0 atom stereocenters. The van der Waals surface area contributed by atoms with E-state index in [2.05, 4.69) is 25.5 Å². The lowest BCUT2D eigenvalue weighted by atomic mass is 10.1. The van der Waals surface area contributed by atoms with Gasteiger partial charge in [-0.15, -0.1) is 0 Å². The molecule has 0 bridgehead atoms. The van der Waals surface area contributed by atoms with Crippen molar-refractivity contribution in [3.05, 3.63) is 36.4 Å². The zero-order valence-electron chi connectivity index (χ0n) is 13.7. The van der Waals surface area contributed by atoms with Crippen molar-refractivity contribution in [2.24, 2.45) is 0 Å². The molecule has 0 spiro atoms. The number of nitrogens with one attached hydrogen (secondary N) is 2. The molecule has 2 aromatic rings. The van der Waals surface area contributed by atoms with E-state index in [1.54, 1.807) is 7.05 Å². The number of ether oxygens (including phenoxy) is 1. The van der Waals surface area contributed by atoms with Gasteiger partial charge in [0, 0.05) is 26.2 Å². The molecule has 0 amide bonds. The van der Waals surface area contributed by atoms with Crippen molar-refractivity contribution in [3.8, 4) is 11.6 Å². The van der Waals surface area contributed by atoms with Gasteiger partial charge in [0.05, 0.1) is 0 Å². The fourth-order valence-corrected chi connectivity index (χ4v) is 2.67. The summed E-state index contributed by atoms with van der Waals surface area (Å²) in [7, 11) is 1.76. The summed E-state index contributed by atoms with van der Waals surface area (Å²) in [5, 5.41) is 6.33. The zero-order chi connectivity index (χ0) is 16.8. The lowest BCUT2D eigenvalue weighted by Gasteiger charge is -2.28. The second-order valence-electron chi connectivity index (χ2n) is 5.55. The van der Waals surface area contributed by atoms with Crippen LogP contribution in [0, 0.1) is 0 Å². The van der Waals surface area contributed by atoms with Crippen LogP contribution in [0.15, 0.2) is 36.4 Å². The maximum Gasteiger partial charge on any atom is 0.234 e. The van der Waals surface area contributed by atoms with Crippen LogP contribution >= 0.6 is 12.2 Å². The number of benzene rings is 1. The highest BCUT2D eigenvalue weighted by Gasteiger charge is 2.16. The molecule has 1 aliphatic heterocycles. The number of para-hydroxylation sites is 1. The average molecular weight is 343 g/mol. The highest BCUT2D eigenvalue weighted by Crippen LogP contribution is 2.26. The van der Waals surface area contributed by atoms with Crippen LogP contribution in [0.4, 0.5) is 11.8 Å². The zero-order valence-corrected chi connectivity index (χ0v) is 14.5. The van der Waals surface area contributed by atoms with E-state index in [0.29, 0.717) is 16.9 Å². The summed E-state index contributed by atoms with van der Waals surface area (Å²) in [5.74, 6) is 2.53. The lowest BCUT2D eigenvalue weighted by molar-refractivity contribution is 0.461. The Labute approximate surface area is 147 Å². The molecule has 7 heteroatoms. The van der Waals surface area contributed by atoms with Crippen molar-refractivity contribution in [3.63, 3.8) is 0 Å². The number of thiocarbonyl (C=S) groups is 1. The molecule has 2 heterocycles. The van der Waals surface area contributed by atoms with Gasteiger partial charge in [0.25, 0.3) is 0 Å². The van der Waals surface area contributed by atoms with Crippen LogP contribution in [-0.4, -0.2) is 35.2 Å². The summed E-state index contributed by atoms with van der Waals surface area (Å²) in [6.45, 7) is 2.00. The SMILES string of the molecule is CNC(=S)Nc1nc(Oc2ccccc2)cc(N2CCCCC2)n1. The van der Waals surface area contributed by atoms with Gasteiger partial charge >= 0.3 is 0 Å². The average Bonchev–Trinajstić information content (AvgIpc) is 2.63. The van der Waals surface area contributed by atoms with E-state index in [-0.39, 0.29) is 0 Å². The first-order chi connectivity index (χ1) is 11.7. The van der Waals surface area contributed by atoms with Crippen LogP contribution in [0.5, 0.6) is 11.6 Å². The molecule has 1 saturated heterocycles. The van der Waals surface area contributed by atoms with Crippen molar-refractivity contribution in [2.45, 2.75) is 19.3 Å². The molecule has 1 aromatic carbocycles. The van der Waals surface area contributed by atoms with Crippen molar-refractivity contribution >= 4 is 29.1 Å². The summed E-state index contributed by atoms with van der Waals surface area (Å²) in [5.41, 5.74) is 0. The molecule has 126 valence electrons. The lowest BCUT2D eigenvalue weighted by Crippen LogP contribution is -2.31. The Hall–Kier alpha value is -2.41. The molecule has 0 unspecified atom stereocenters. The van der Waals surface area contributed by atoms with Crippen molar-refractivity contribution in [2.75, 3.05) is 30.4 Å². The van der Waals surface area contributed by atoms with E-state index in [4.69, 9.17) is 17.0 Å². The van der Waals surface area contributed by atoms with Gasteiger partial charge in [-0.25, -0.2) is 0 Å². The fraction of sp³-hybridized carbons (Fsp3) is 0.353. The first kappa shape index (κ1) is 16.4. The third kappa shape index (κ3) is 4.32. The number of piperidine rings is 1. The van der Waals surface area contributed by atoms with Gasteiger partial charge in [0.15, 0.2) is 5.11 Å². The molecule has 1 aliphatic rings. The minimum atomic E-state index is 0.434. The van der Waals surface area contributed by atoms with Crippen LogP contribution in [0.2, 0.25) is 0 Å². The van der Waals surface area contributed by atoms with Gasteiger partial charge in [0.1, 0.15) is 11.6 Å². The van der Waals surface area contributed by atoms with Gasteiger partial charge in [-0.3, -0.25) is 0 Å². The van der Waals surface area contributed by atoms with Gasteiger partial charge < -0.3 is 20.3 Å². The molecule has 0 aliphatic carbocycles. The molecule has 0 radical (unpaired) electrons. The monoisotopic (exact) mass is 343 g/mol. The van der Waals surface area contributed by atoms with Crippen LogP contribution in [-0.2, 0) is 0 Å². The smallest absolute Gasteiger partial charge is 0.234 e.